The zero-order valence-corrected chi connectivity index (χ0v) is 11.6. The van der Waals surface area contributed by atoms with Crippen molar-refractivity contribution in [1.82, 2.24) is 5.32 Å². The van der Waals surface area contributed by atoms with Crippen LogP contribution in [0.2, 0.25) is 0 Å². The molecule has 1 rings (SSSR count). The number of allylic oxidation sites excluding steroid dienone is 3. The summed E-state index contributed by atoms with van der Waals surface area (Å²) in [7, 11) is 0. The number of hydrogen-bond donors (Lipinski definition) is 1. The van der Waals surface area contributed by atoms with E-state index in [4.69, 9.17) is 0 Å². The fourth-order valence-corrected chi connectivity index (χ4v) is 2.35. The van der Waals surface area contributed by atoms with Gasteiger partial charge < -0.3 is 5.32 Å². The van der Waals surface area contributed by atoms with Gasteiger partial charge in [0, 0.05) is 10.5 Å². The van der Waals surface area contributed by atoms with Crippen LogP contribution in [0.3, 0.4) is 0 Å². The van der Waals surface area contributed by atoms with Gasteiger partial charge in [-0.2, -0.15) is 0 Å². The lowest BCUT2D eigenvalue weighted by molar-refractivity contribution is 0.700. The molecule has 2 heteroatoms. The fraction of sp³-hybridized carbons (Fsp3) is 0.538. The molecule has 0 radical (unpaired) electrons. The quantitative estimate of drug-likeness (QED) is 0.760. The van der Waals surface area contributed by atoms with E-state index in [-0.39, 0.29) is 0 Å². The van der Waals surface area contributed by atoms with Crippen molar-refractivity contribution >= 4 is 15.9 Å². The normalized spacial score (nSPS) is 22.0. The van der Waals surface area contributed by atoms with Crippen molar-refractivity contribution < 1.29 is 0 Å². The largest absolute Gasteiger partial charge is 0.310 e. The Kier molecular flexibility index (Phi) is 8.73. The Balaban J connectivity index is 0.000000921. The highest BCUT2D eigenvalue weighted by Gasteiger charge is 2.19. The second kappa shape index (κ2) is 8.93. The summed E-state index contributed by atoms with van der Waals surface area (Å²) >= 11 is 3.56. The summed E-state index contributed by atoms with van der Waals surface area (Å²) in [5, 5.41) is 3.47. The van der Waals surface area contributed by atoms with E-state index in [0.29, 0.717) is 6.04 Å². The number of rotatable bonds is 3. The van der Waals surface area contributed by atoms with E-state index in [9.17, 15) is 0 Å². The summed E-state index contributed by atoms with van der Waals surface area (Å²) in [4.78, 5) is 0. The summed E-state index contributed by atoms with van der Waals surface area (Å²) in [6.45, 7) is 10.9. The third-order valence-corrected chi connectivity index (χ3v) is 3.01. The third-order valence-electron chi connectivity index (χ3n) is 2.29. The molecule has 1 aliphatic rings. The third kappa shape index (κ3) is 4.80. The molecule has 1 saturated heterocycles. The minimum absolute atomic E-state index is 0.524. The van der Waals surface area contributed by atoms with Gasteiger partial charge in [0.1, 0.15) is 0 Å². The maximum atomic E-state index is 3.69. The van der Waals surface area contributed by atoms with Gasteiger partial charge in [-0.05, 0) is 38.0 Å². The molecule has 1 unspecified atom stereocenters. The highest BCUT2D eigenvalue weighted by atomic mass is 79.9. The van der Waals surface area contributed by atoms with Crippen LogP contribution in [0.5, 0.6) is 0 Å². The first-order valence-corrected chi connectivity index (χ1v) is 6.47. The fourth-order valence-electron chi connectivity index (χ4n) is 1.66. The highest BCUT2D eigenvalue weighted by molar-refractivity contribution is 9.12. The van der Waals surface area contributed by atoms with E-state index >= 15 is 0 Å². The average Bonchev–Trinajstić information content (AvgIpc) is 2.76. The molecule has 1 nitrogen and oxygen atoms in total. The van der Waals surface area contributed by atoms with Crippen LogP contribution in [-0.2, 0) is 0 Å². The molecule has 0 amide bonds. The van der Waals surface area contributed by atoms with Crippen LogP contribution in [0.4, 0.5) is 0 Å². The summed E-state index contributed by atoms with van der Waals surface area (Å²) in [6.07, 6.45) is 8.47. The number of nitrogens with one attached hydrogen (secondary N) is 1. The van der Waals surface area contributed by atoms with Gasteiger partial charge in [0.15, 0.2) is 0 Å². The molecule has 86 valence electrons. The molecule has 0 aromatic heterocycles. The number of halogens is 1. The summed E-state index contributed by atoms with van der Waals surface area (Å²) in [5.41, 5.74) is 1.34. The Morgan fingerprint density at radius 1 is 1.47 bits per heavy atom. The van der Waals surface area contributed by atoms with Gasteiger partial charge in [-0.15, -0.1) is 0 Å². The van der Waals surface area contributed by atoms with E-state index in [1.54, 1.807) is 0 Å². The molecule has 1 aliphatic heterocycles. The van der Waals surface area contributed by atoms with E-state index in [1.807, 2.05) is 26.0 Å². The first-order valence-electron chi connectivity index (χ1n) is 5.67. The molecule has 0 spiro atoms. The van der Waals surface area contributed by atoms with Crippen molar-refractivity contribution in [3.63, 3.8) is 0 Å². The zero-order valence-electron chi connectivity index (χ0n) is 10.0. The number of hydrogen-bond acceptors (Lipinski definition) is 1. The average molecular weight is 272 g/mol. The second-order valence-electron chi connectivity index (χ2n) is 3.14. The summed E-state index contributed by atoms with van der Waals surface area (Å²) < 4.78 is 1.14. The van der Waals surface area contributed by atoms with Crippen LogP contribution in [0.1, 0.15) is 33.6 Å². The molecule has 1 atom stereocenters. The van der Waals surface area contributed by atoms with Crippen LogP contribution < -0.4 is 5.32 Å². The molecule has 15 heavy (non-hydrogen) atoms. The lowest BCUT2D eigenvalue weighted by atomic mass is 10.0. The molecule has 1 N–H and O–H groups in total. The van der Waals surface area contributed by atoms with Crippen LogP contribution in [0.25, 0.3) is 0 Å². The van der Waals surface area contributed by atoms with Crippen molar-refractivity contribution in [3.8, 4) is 0 Å². The summed E-state index contributed by atoms with van der Waals surface area (Å²) in [6, 6.07) is 0.524. The molecule has 0 aromatic rings. The van der Waals surface area contributed by atoms with Gasteiger partial charge in [-0.25, -0.2) is 0 Å². The van der Waals surface area contributed by atoms with E-state index < -0.39 is 0 Å². The van der Waals surface area contributed by atoms with Crippen molar-refractivity contribution in [2.75, 3.05) is 6.54 Å². The highest BCUT2D eigenvalue weighted by Crippen LogP contribution is 2.25. The molecule has 1 fully saturated rings. The molecule has 0 aliphatic carbocycles. The minimum atomic E-state index is 0.524. The predicted molar refractivity (Wildman–Crippen MR) is 73.3 cm³/mol. The van der Waals surface area contributed by atoms with Crippen molar-refractivity contribution in [1.29, 1.82) is 0 Å². The lowest BCUT2D eigenvalue weighted by Crippen LogP contribution is -2.23. The smallest absolute Gasteiger partial charge is 0.0328 e. The van der Waals surface area contributed by atoms with E-state index in [2.05, 4.69) is 40.8 Å². The Bertz CT molecular complexity index is 235. The van der Waals surface area contributed by atoms with E-state index in [1.165, 1.54) is 18.4 Å². The maximum Gasteiger partial charge on any atom is 0.0328 e. The van der Waals surface area contributed by atoms with Gasteiger partial charge in [0.05, 0.1) is 0 Å². The Morgan fingerprint density at radius 3 is 2.53 bits per heavy atom. The van der Waals surface area contributed by atoms with Gasteiger partial charge in [0.25, 0.3) is 0 Å². The van der Waals surface area contributed by atoms with Crippen molar-refractivity contribution in [2.45, 2.75) is 39.7 Å². The second-order valence-corrected chi connectivity index (χ2v) is 4.00. The SMILES string of the molecule is C=C/C=C(Br)\C(=C/C)C1CCCN1.CC. The van der Waals surface area contributed by atoms with Gasteiger partial charge in [-0.1, -0.05) is 48.5 Å². The van der Waals surface area contributed by atoms with E-state index in [0.717, 1.165) is 11.0 Å². The Hall–Kier alpha value is -0.340. The molecular formula is C13H22BrN. The van der Waals surface area contributed by atoms with Crippen molar-refractivity contribution in [3.05, 3.63) is 34.9 Å². The van der Waals surface area contributed by atoms with Crippen LogP contribution in [0, 0.1) is 0 Å². The van der Waals surface area contributed by atoms with Crippen molar-refractivity contribution in [2.24, 2.45) is 0 Å². The van der Waals surface area contributed by atoms with Gasteiger partial charge in [0.2, 0.25) is 0 Å². The first kappa shape index (κ1) is 14.7. The summed E-state index contributed by atoms with van der Waals surface area (Å²) in [5.74, 6) is 0. The molecule has 0 saturated carbocycles. The van der Waals surface area contributed by atoms with Crippen LogP contribution >= 0.6 is 15.9 Å². The first-order chi connectivity index (χ1) is 7.29. The topological polar surface area (TPSA) is 12.0 Å². The van der Waals surface area contributed by atoms with Crippen LogP contribution in [-0.4, -0.2) is 12.6 Å². The maximum absolute atomic E-state index is 3.69. The molecule has 0 bridgehead atoms. The Morgan fingerprint density at radius 2 is 2.13 bits per heavy atom. The monoisotopic (exact) mass is 271 g/mol. The zero-order chi connectivity index (χ0) is 11.7. The minimum Gasteiger partial charge on any atom is -0.310 e. The van der Waals surface area contributed by atoms with Gasteiger partial charge in [-0.3, -0.25) is 0 Å². The molecule has 0 aromatic carbocycles. The van der Waals surface area contributed by atoms with Crippen LogP contribution in [0.15, 0.2) is 34.9 Å². The van der Waals surface area contributed by atoms with Gasteiger partial charge >= 0.3 is 0 Å². The molecular weight excluding hydrogens is 250 g/mol. The standard InChI is InChI=1S/C11H16BrN.C2H6/c1-3-6-10(12)9(4-2)11-7-5-8-13-11;1-2/h3-4,6,11,13H,1,5,7-8H2,2H3;1-2H3/b9-4+,10-6+;. The Labute approximate surface area is 102 Å². The predicted octanol–water partition coefficient (Wildman–Crippen LogP) is 4.18. The molecule has 1 heterocycles. The lowest BCUT2D eigenvalue weighted by Gasteiger charge is -2.14.